The molecule has 0 radical (unpaired) electrons. The number of fused-ring (bicyclic) bond motifs is 2. The molecular weight excluding hydrogens is 769 g/mol. The summed E-state index contributed by atoms with van der Waals surface area (Å²) in [7, 11) is -4.51. The van der Waals surface area contributed by atoms with Crippen LogP contribution in [-0.2, 0) is 47.5 Å². The van der Waals surface area contributed by atoms with Gasteiger partial charge in [-0.05, 0) is 76.3 Å². The van der Waals surface area contributed by atoms with Gasteiger partial charge >= 0.3 is 0 Å². The summed E-state index contributed by atoms with van der Waals surface area (Å²) < 4.78 is 66.0. The second-order valence-corrected chi connectivity index (χ2v) is 20.1. The van der Waals surface area contributed by atoms with Crippen LogP contribution in [0.4, 0.5) is 0 Å². The lowest BCUT2D eigenvalue weighted by Crippen LogP contribution is -2.44. The first-order valence-electron chi connectivity index (χ1n) is 20.0. The molecule has 4 aromatic heterocycles. The molecule has 0 saturated carbocycles. The molecule has 0 spiro atoms. The Morgan fingerprint density at radius 1 is 0.667 bits per heavy atom. The van der Waals surface area contributed by atoms with E-state index in [-0.39, 0.29) is 61.0 Å². The van der Waals surface area contributed by atoms with Gasteiger partial charge < -0.3 is 13.9 Å². The van der Waals surface area contributed by atoms with Gasteiger partial charge in [-0.2, -0.15) is 8.61 Å². The van der Waals surface area contributed by atoms with Crippen LogP contribution in [0.25, 0.3) is 22.1 Å². The van der Waals surface area contributed by atoms with Crippen LogP contribution in [-0.4, -0.2) is 117 Å². The average Bonchev–Trinajstić information content (AvgIpc) is 3.65. The number of carbonyl (C=O) groups is 2. The zero-order valence-corrected chi connectivity index (χ0v) is 36.6. The lowest BCUT2D eigenvalue weighted by atomic mass is 9.99. The summed E-state index contributed by atoms with van der Waals surface area (Å²) in [4.78, 5) is 44.2. The summed E-state index contributed by atoms with van der Waals surface area (Å²) >= 11 is 0. The van der Waals surface area contributed by atoms with Gasteiger partial charge in [0.05, 0.1) is 60.2 Å². The van der Waals surface area contributed by atoms with Crippen LogP contribution in [0, 0.1) is 25.7 Å². The Labute approximate surface area is 338 Å². The topological polar surface area (TPSA) is 180 Å². The molecule has 0 fully saturated rings. The highest BCUT2D eigenvalue weighted by molar-refractivity contribution is 7.89. The Morgan fingerprint density at radius 3 is 1.42 bits per heavy atom. The quantitative estimate of drug-likeness (QED) is 0.0746. The van der Waals surface area contributed by atoms with E-state index in [4.69, 9.17) is 4.74 Å². The number of nitrogens with zero attached hydrogens (tertiary/aromatic N) is 8. The van der Waals surface area contributed by atoms with Crippen LogP contribution in [0.3, 0.4) is 0 Å². The maximum absolute atomic E-state index is 13.4. The molecular formula is C40H62N8O7S2. The summed E-state index contributed by atoms with van der Waals surface area (Å²) in [5.74, 6) is 1.18. The molecule has 57 heavy (non-hydrogen) atoms. The second-order valence-electron chi connectivity index (χ2n) is 15.8. The van der Waals surface area contributed by atoms with E-state index in [2.05, 4.69) is 29.1 Å². The first kappa shape index (κ1) is 46.1. The fourth-order valence-electron chi connectivity index (χ4n) is 7.19. The third-order valence-electron chi connectivity index (χ3n) is 10.4. The Kier molecular flexibility index (Phi) is 16.9. The number of pyridine rings is 2. The van der Waals surface area contributed by atoms with Gasteiger partial charge in [-0.15, -0.1) is 0 Å². The van der Waals surface area contributed by atoms with Crippen LogP contribution < -0.4 is 0 Å². The van der Waals surface area contributed by atoms with Crippen LogP contribution in [0.2, 0.25) is 0 Å². The number of likely N-dealkylation sites (N-methyl/N-ethyl adjacent to an activating group) is 2. The third kappa shape index (κ3) is 12.7. The zero-order chi connectivity index (χ0) is 41.9. The molecule has 17 heteroatoms. The first-order chi connectivity index (χ1) is 26.9. The highest BCUT2D eigenvalue weighted by atomic mass is 32.2. The number of rotatable bonds is 26. The molecule has 15 nitrogen and oxygen atoms in total. The summed E-state index contributed by atoms with van der Waals surface area (Å²) in [5.41, 5.74) is 3.51. The van der Waals surface area contributed by atoms with E-state index >= 15 is 0 Å². The maximum Gasteiger partial charge on any atom is 0.214 e. The SMILES string of the molecule is Cc1nc2cnccc2n1CCCCS(=O)(=O)N(C)[C@@H](CC(C)C)C(=O)CCOCCC(=O)[C@H](CC(C)C)N(C)S(=O)(=O)CCCCn1c(C)nc2cnccc21. The molecule has 0 aliphatic rings. The summed E-state index contributed by atoms with van der Waals surface area (Å²) in [6.45, 7) is 12.9. The lowest BCUT2D eigenvalue weighted by Gasteiger charge is -2.28. The minimum absolute atomic E-state index is 0.0116. The van der Waals surface area contributed by atoms with Crippen molar-refractivity contribution in [2.45, 2.75) is 118 Å². The van der Waals surface area contributed by atoms with Crippen molar-refractivity contribution >= 4 is 53.7 Å². The Morgan fingerprint density at radius 2 is 1.05 bits per heavy atom. The molecule has 4 aromatic rings. The number of ether oxygens (including phenoxy) is 1. The van der Waals surface area contributed by atoms with Gasteiger partial charge in [0.1, 0.15) is 22.7 Å². The number of sulfonamides is 2. The van der Waals surface area contributed by atoms with E-state index in [1.807, 2.05) is 53.7 Å². The van der Waals surface area contributed by atoms with E-state index in [1.165, 1.54) is 22.7 Å². The van der Waals surface area contributed by atoms with Crippen molar-refractivity contribution in [1.29, 1.82) is 0 Å². The molecule has 0 aromatic carbocycles. The van der Waals surface area contributed by atoms with Crippen molar-refractivity contribution in [3.8, 4) is 0 Å². The molecule has 2 atom stereocenters. The van der Waals surface area contributed by atoms with Crippen molar-refractivity contribution in [2.24, 2.45) is 11.8 Å². The molecule has 0 aliphatic heterocycles. The molecule has 0 amide bonds. The molecule has 0 N–H and O–H groups in total. The summed E-state index contributed by atoms with van der Waals surface area (Å²) in [6.07, 6.45) is 9.66. The van der Waals surface area contributed by atoms with Gasteiger partial charge in [0, 0.05) is 52.4 Å². The number of aryl methyl sites for hydroxylation is 4. The number of hydrogen-bond acceptors (Lipinski definition) is 11. The maximum atomic E-state index is 13.4. The summed E-state index contributed by atoms with van der Waals surface area (Å²) in [6, 6.07) is 2.13. The van der Waals surface area contributed by atoms with Crippen LogP contribution in [0.5, 0.6) is 0 Å². The molecule has 0 unspecified atom stereocenters. The largest absolute Gasteiger partial charge is 0.381 e. The fraction of sp³-hybridized carbons (Fsp3) is 0.650. The van der Waals surface area contributed by atoms with Gasteiger partial charge in [0.2, 0.25) is 20.0 Å². The zero-order valence-electron chi connectivity index (χ0n) is 34.9. The Hall–Kier alpha value is -3.64. The van der Waals surface area contributed by atoms with Gasteiger partial charge in [-0.3, -0.25) is 19.6 Å². The van der Waals surface area contributed by atoms with Gasteiger partial charge in [0.15, 0.2) is 11.6 Å². The smallest absolute Gasteiger partial charge is 0.214 e. The lowest BCUT2D eigenvalue weighted by molar-refractivity contribution is -0.124. The van der Waals surface area contributed by atoms with Crippen LogP contribution >= 0.6 is 0 Å². The predicted molar refractivity (Wildman–Crippen MR) is 223 cm³/mol. The number of imidazole rings is 2. The Balaban J connectivity index is 1.23. The van der Waals surface area contributed by atoms with Crippen molar-refractivity contribution in [3.05, 3.63) is 48.6 Å². The monoisotopic (exact) mass is 830 g/mol. The summed E-state index contributed by atoms with van der Waals surface area (Å²) in [5, 5.41) is 0. The molecule has 316 valence electrons. The number of ketones is 2. The van der Waals surface area contributed by atoms with E-state index < -0.39 is 32.1 Å². The van der Waals surface area contributed by atoms with E-state index in [9.17, 15) is 26.4 Å². The number of hydrogen-bond donors (Lipinski definition) is 0. The number of unbranched alkanes of at least 4 members (excludes halogenated alkanes) is 2. The highest BCUT2D eigenvalue weighted by Crippen LogP contribution is 2.21. The van der Waals surface area contributed by atoms with Crippen molar-refractivity contribution in [3.63, 3.8) is 0 Å². The average molecular weight is 831 g/mol. The highest BCUT2D eigenvalue weighted by Gasteiger charge is 2.33. The predicted octanol–water partition coefficient (Wildman–Crippen LogP) is 5.34. The fourth-order valence-corrected chi connectivity index (χ4v) is 10.1. The van der Waals surface area contributed by atoms with E-state index in [0.717, 1.165) is 33.7 Å². The van der Waals surface area contributed by atoms with Gasteiger partial charge in [-0.1, -0.05) is 27.7 Å². The molecule has 0 aliphatic carbocycles. The number of carbonyl (C=O) groups excluding carboxylic acids is 2. The van der Waals surface area contributed by atoms with Gasteiger partial charge in [-0.25, -0.2) is 26.8 Å². The second kappa shape index (κ2) is 20.9. The third-order valence-corrected chi connectivity index (χ3v) is 14.3. The Bertz CT molecular complexity index is 2010. The van der Waals surface area contributed by atoms with Crippen molar-refractivity contribution in [2.75, 3.05) is 38.8 Å². The minimum Gasteiger partial charge on any atom is -0.381 e. The van der Waals surface area contributed by atoms with Gasteiger partial charge in [0.25, 0.3) is 0 Å². The molecule has 0 bridgehead atoms. The van der Waals surface area contributed by atoms with E-state index in [0.29, 0.717) is 51.6 Å². The minimum atomic E-state index is -3.73. The van der Waals surface area contributed by atoms with Crippen molar-refractivity contribution < 1.29 is 31.2 Å². The molecule has 0 saturated heterocycles. The first-order valence-corrected chi connectivity index (χ1v) is 23.2. The van der Waals surface area contributed by atoms with Crippen molar-refractivity contribution in [1.82, 2.24) is 37.7 Å². The van der Waals surface area contributed by atoms with Crippen LogP contribution in [0.1, 0.15) is 90.7 Å². The van der Waals surface area contributed by atoms with E-state index in [1.54, 1.807) is 24.8 Å². The number of Topliss-reactive ketones (excluding diaryl/α,β-unsaturated/α-hetero) is 2. The molecule has 4 rings (SSSR count). The molecule has 4 heterocycles. The normalized spacial score (nSPS) is 13.8. The van der Waals surface area contributed by atoms with Crippen LogP contribution in [0.15, 0.2) is 36.9 Å². The number of aromatic nitrogens is 6. The standard InChI is InChI=1S/C40H62N8O7S2/c1-29(2)25-37(45(7)56(51,52)23-11-9-19-47-31(5)43-33-27-41-17-13-35(33)47)39(49)15-21-55-22-16-40(50)38(26-30(3)4)46(8)57(53,54)24-12-10-20-48-32(6)44-34-28-42-18-14-36(34)48/h13-14,17-18,27-30,37-38H,9-12,15-16,19-26H2,1-8H3/t37-,38-/m0/s1.